The summed E-state index contributed by atoms with van der Waals surface area (Å²) in [5.74, 6) is 0.765. The van der Waals surface area contributed by atoms with Crippen LogP contribution in [-0.4, -0.2) is 51.8 Å². The number of aromatic nitrogens is 4. The van der Waals surface area contributed by atoms with Crippen molar-refractivity contribution in [3.05, 3.63) is 29.8 Å². The van der Waals surface area contributed by atoms with Crippen molar-refractivity contribution in [1.82, 2.24) is 24.1 Å². The van der Waals surface area contributed by atoms with E-state index in [-0.39, 0.29) is 5.92 Å². The second-order valence-corrected chi connectivity index (χ2v) is 8.28. The Morgan fingerprint density at radius 3 is 2.79 bits per heavy atom. The fourth-order valence-electron chi connectivity index (χ4n) is 3.09. The molecule has 0 bridgehead atoms. The van der Waals surface area contributed by atoms with Gasteiger partial charge in [0.2, 0.25) is 10.0 Å². The smallest absolute Gasteiger partial charge is 0.211 e. The second-order valence-electron chi connectivity index (χ2n) is 6.30. The Bertz CT molecular complexity index is 831. The van der Waals surface area contributed by atoms with Crippen molar-refractivity contribution in [3.8, 4) is 11.4 Å². The van der Waals surface area contributed by atoms with E-state index in [2.05, 4.69) is 17.0 Å². The third-order valence-corrected chi connectivity index (χ3v) is 5.54. The fraction of sp³-hybridized carbons (Fsp3) is 0.562. The maximum absolute atomic E-state index is 11.7. The summed E-state index contributed by atoms with van der Waals surface area (Å²) in [5.41, 5.74) is 2.71. The van der Waals surface area contributed by atoms with Gasteiger partial charge >= 0.3 is 0 Å². The van der Waals surface area contributed by atoms with Crippen molar-refractivity contribution in [3.63, 3.8) is 0 Å². The Morgan fingerprint density at radius 2 is 2.12 bits per heavy atom. The summed E-state index contributed by atoms with van der Waals surface area (Å²) in [7, 11) is -3.16. The van der Waals surface area contributed by atoms with Crippen LogP contribution >= 0.6 is 0 Å². The predicted molar refractivity (Wildman–Crippen MR) is 92.1 cm³/mol. The first kappa shape index (κ1) is 17.0. The summed E-state index contributed by atoms with van der Waals surface area (Å²) in [6.45, 7) is 5.88. The van der Waals surface area contributed by atoms with E-state index in [9.17, 15) is 8.42 Å². The Labute approximate surface area is 142 Å². The molecule has 0 N–H and O–H groups in total. The van der Waals surface area contributed by atoms with Gasteiger partial charge in [0.1, 0.15) is 5.82 Å². The normalized spacial score (nSPS) is 19.0. The van der Waals surface area contributed by atoms with E-state index in [0.29, 0.717) is 13.1 Å². The topological polar surface area (TPSA) is 81.0 Å². The van der Waals surface area contributed by atoms with Crippen molar-refractivity contribution in [2.24, 2.45) is 0 Å². The third-order valence-electron chi connectivity index (χ3n) is 4.27. The van der Waals surface area contributed by atoms with Crippen LogP contribution in [0.25, 0.3) is 11.4 Å². The molecule has 0 unspecified atom stereocenters. The van der Waals surface area contributed by atoms with E-state index < -0.39 is 10.0 Å². The Morgan fingerprint density at radius 1 is 1.33 bits per heavy atom. The van der Waals surface area contributed by atoms with Gasteiger partial charge in [-0.2, -0.15) is 5.10 Å². The first-order valence-corrected chi connectivity index (χ1v) is 10.1. The van der Waals surface area contributed by atoms with Crippen LogP contribution in [0, 0.1) is 6.92 Å². The average molecular weight is 349 g/mol. The summed E-state index contributed by atoms with van der Waals surface area (Å²) in [4.78, 5) is 9.28. The van der Waals surface area contributed by atoms with Crippen LogP contribution < -0.4 is 0 Å². The average Bonchev–Trinajstić information content (AvgIpc) is 3.15. The molecule has 1 fully saturated rings. The molecule has 0 radical (unpaired) electrons. The zero-order valence-electron chi connectivity index (χ0n) is 14.3. The molecular weight excluding hydrogens is 326 g/mol. The number of hydrogen-bond acceptors (Lipinski definition) is 5. The fourth-order valence-corrected chi connectivity index (χ4v) is 3.97. The van der Waals surface area contributed by atoms with Gasteiger partial charge < -0.3 is 0 Å². The van der Waals surface area contributed by atoms with Gasteiger partial charge in [0.15, 0.2) is 0 Å². The molecule has 3 rings (SSSR count). The highest BCUT2D eigenvalue weighted by molar-refractivity contribution is 7.88. The van der Waals surface area contributed by atoms with E-state index in [1.54, 1.807) is 6.20 Å². The van der Waals surface area contributed by atoms with Gasteiger partial charge in [-0.05, 0) is 31.9 Å². The highest BCUT2D eigenvalue weighted by Crippen LogP contribution is 2.28. The molecule has 0 aliphatic carbocycles. The van der Waals surface area contributed by atoms with Crippen LogP contribution in [0.4, 0.5) is 0 Å². The van der Waals surface area contributed by atoms with Gasteiger partial charge in [-0.15, -0.1) is 0 Å². The summed E-state index contributed by atoms with van der Waals surface area (Å²) < 4.78 is 26.9. The number of sulfonamides is 1. The summed E-state index contributed by atoms with van der Waals surface area (Å²) in [6, 6.07) is 3.91. The van der Waals surface area contributed by atoms with Crippen molar-refractivity contribution in [2.75, 3.05) is 19.3 Å². The van der Waals surface area contributed by atoms with Crippen LogP contribution in [0.1, 0.15) is 37.2 Å². The molecule has 0 saturated carbocycles. The van der Waals surface area contributed by atoms with Crippen LogP contribution in [0.15, 0.2) is 18.3 Å². The highest BCUT2D eigenvalue weighted by atomic mass is 32.2. The lowest BCUT2D eigenvalue weighted by molar-refractivity contribution is 0.476. The molecule has 0 aromatic carbocycles. The highest BCUT2D eigenvalue weighted by Gasteiger charge is 2.31. The first-order chi connectivity index (χ1) is 11.4. The molecular formula is C16H23N5O2S. The van der Waals surface area contributed by atoms with Gasteiger partial charge in [0.05, 0.1) is 17.6 Å². The van der Waals surface area contributed by atoms with E-state index in [1.807, 2.05) is 23.7 Å². The van der Waals surface area contributed by atoms with Crippen LogP contribution in [0.2, 0.25) is 0 Å². The Balaban J connectivity index is 1.91. The quantitative estimate of drug-likeness (QED) is 0.822. The first-order valence-electron chi connectivity index (χ1n) is 8.21. The van der Waals surface area contributed by atoms with Crippen molar-refractivity contribution in [2.45, 2.75) is 39.2 Å². The van der Waals surface area contributed by atoms with E-state index in [1.165, 1.54) is 10.6 Å². The minimum absolute atomic E-state index is 0.0425. The SMILES string of the molecule is CCCn1nccc1-c1cc(C)nc([C@@H]2CCN(S(C)(=O)=O)C2)n1. The Kier molecular flexibility index (Phi) is 4.69. The van der Waals surface area contributed by atoms with Gasteiger partial charge in [-0.25, -0.2) is 22.7 Å². The second kappa shape index (κ2) is 6.60. The molecule has 130 valence electrons. The van der Waals surface area contributed by atoms with Gasteiger partial charge in [0.25, 0.3) is 0 Å². The van der Waals surface area contributed by atoms with Crippen LogP contribution in [0.3, 0.4) is 0 Å². The van der Waals surface area contributed by atoms with Crippen molar-refractivity contribution < 1.29 is 8.42 Å². The van der Waals surface area contributed by atoms with Crippen molar-refractivity contribution in [1.29, 1.82) is 0 Å². The molecule has 1 aliphatic rings. The zero-order valence-corrected chi connectivity index (χ0v) is 15.1. The van der Waals surface area contributed by atoms with Gasteiger partial charge in [0, 0.05) is 37.4 Å². The summed E-state index contributed by atoms with van der Waals surface area (Å²) >= 11 is 0. The largest absolute Gasteiger partial charge is 0.263 e. The lowest BCUT2D eigenvalue weighted by Crippen LogP contribution is -2.27. The predicted octanol–water partition coefficient (Wildman–Crippen LogP) is 1.81. The summed E-state index contributed by atoms with van der Waals surface area (Å²) in [5, 5.41) is 4.35. The minimum Gasteiger partial charge on any atom is -0.263 e. The molecule has 8 heteroatoms. The number of aryl methyl sites for hydroxylation is 2. The summed E-state index contributed by atoms with van der Waals surface area (Å²) in [6.07, 6.45) is 4.78. The van der Waals surface area contributed by atoms with E-state index >= 15 is 0 Å². The maximum atomic E-state index is 11.7. The minimum atomic E-state index is -3.16. The molecule has 2 aromatic heterocycles. The molecule has 2 aromatic rings. The molecule has 7 nitrogen and oxygen atoms in total. The standard InChI is InChI=1S/C16H23N5O2S/c1-4-8-21-15(5-7-17-21)14-10-12(2)18-16(19-14)13-6-9-20(11-13)24(3,22)23/h5,7,10,13H,4,6,8-9,11H2,1-3H3/t13-/m1/s1. The molecule has 3 heterocycles. The van der Waals surface area contributed by atoms with E-state index in [0.717, 1.165) is 42.3 Å². The van der Waals surface area contributed by atoms with E-state index in [4.69, 9.17) is 4.98 Å². The molecule has 0 spiro atoms. The molecule has 1 saturated heterocycles. The molecule has 24 heavy (non-hydrogen) atoms. The van der Waals surface area contributed by atoms with Crippen LogP contribution in [-0.2, 0) is 16.6 Å². The molecule has 1 atom stereocenters. The number of nitrogens with zero attached hydrogens (tertiary/aromatic N) is 5. The maximum Gasteiger partial charge on any atom is 0.211 e. The lowest BCUT2D eigenvalue weighted by Gasteiger charge is -2.14. The number of hydrogen-bond donors (Lipinski definition) is 0. The monoisotopic (exact) mass is 349 g/mol. The lowest BCUT2D eigenvalue weighted by atomic mass is 10.1. The molecule has 0 amide bonds. The van der Waals surface area contributed by atoms with Gasteiger partial charge in [-0.3, -0.25) is 4.68 Å². The Hall–Kier alpha value is -1.80. The zero-order chi connectivity index (χ0) is 17.3. The molecule has 1 aliphatic heterocycles. The van der Waals surface area contributed by atoms with Crippen LogP contribution in [0.5, 0.6) is 0 Å². The van der Waals surface area contributed by atoms with Crippen molar-refractivity contribution >= 4 is 10.0 Å². The third kappa shape index (κ3) is 3.49. The van der Waals surface area contributed by atoms with Gasteiger partial charge in [-0.1, -0.05) is 6.92 Å². The number of rotatable bonds is 5.